The van der Waals surface area contributed by atoms with Gasteiger partial charge >= 0.3 is 5.97 Å². The third-order valence-corrected chi connectivity index (χ3v) is 5.97. The largest absolute Gasteiger partial charge is 0.457 e. The molecule has 1 N–H and O–H groups in total. The lowest BCUT2D eigenvalue weighted by atomic mass is 10.2. The van der Waals surface area contributed by atoms with Gasteiger partial charge in [-0.15, -0.1) is 0 Å². The number of nitrogens with zero attached hydrogens (tertiary/aromatic N) is 1. The van der Waals surface area contributed by atoms with Crippen LogP contribution in [0.1, 0.15) is 28.6 Å². The Bertz CT molecular complexity index is 1240. The molecule has 1 unspecified atom stereocenters. The van der Waals surface area contributed by atoms with Gasteiger partial charge < -0.3 is 14.5 Å². The van der Waals surface area contributed by atoms with Crippen LogP contribution >= 0.6 is 0 Å². The summed E-state index contributed by atoms with van der Waals surface area (Å²) < 4.78 is 35.4. The Morgan fingerprint density at radius 2 is 1.87 bits per heavy atom. The average molecular weight is 438 g/mol. The van der Waals surface area contributed by atoms with Crippen molar-refractivity contribution in [2.45, 2.75) is 23.7 Å². The number of furan rings is 1. The molecule has 9 heteroatoms. The van der Waals surface area contributed by atoms with Gasteiger partial charge in [0.05, 0.1) is 28.5 Å². The summed E-state index contributed by atoms with van der Waals surface area (Å²) in [5.41, 5.74) is 0.866. The first-order chi connectivity index (χ1) is 14.8. The van der Waals surface area contributed by atoms with E-state index in [-0.39, 0.29) is 16.2 Å². The number of hydrogen-bond acceptors (Lipinski definition) is 7. The van der Waals surface area contributed by atoms with Crippen LogP contribution in [0.3, 0.4) is 0 Å². The number of nitriles is 1. The van der Waals surface area contributed by atoms with E-state index in [1.54, 1.807) is 36.4 Å². The first kappa shape index (κ1) is 21.8. The number of sulfone groups is 1. The van der Waals surface area contributed by atoms with E-state index in [1.165, 1.54) is 37.5 Å². The summed E-state index contributed by atoms with van der Waals surface area (Å²) >= 11 is 0. The maximum atomic E-state index is 12.6. The SMILES string of the molecule is CC(OC(=O)c1occc1CS(=O)(=O)c1ccccc1)C(=O)Nc1cccc(C#N)c1. The Balaban J connectivity index is 1.68. The van der Waals surface area contributed by atoms with Crippen molar-refractivity contribution in [3.8, 4) is 6.07 Å². The minimum atomic E-state index is -3.70. The molecule has 31 heavy (non-hydrogen) atoms. The predicted octanol–water partition coefficient (Wildman–Crippen LogP) is 3.31. The standard InChI is InChI=1S/C22H18N2O6S/c1-15(21(25)24-18-7-5-6-16(12-18)13-23)30-22(26)20-17(10-11-29-20)14-31(27,28)19-8-3-2-4-9-19/h2-12,15H,14H2,1H3,(H,24,25). The number of ether oxygens (including phenoxy) is 1. The van der Waals surface area contributed by atoms with Gasteiger partial charge in [-0.05, 0) is 43.3 Å². The van der Waals surface area contributed by atoms with E-state index in [4.69, 9.17) is 14.4 Å². The van der Waals surface area contributed by atoms with Crippen molar-refractivity contribution in [1.82, 2.24) is 0 Å². The molecule has 158 valence electrons. The highest BCUT2D eigenvalue weighted by molar-refractivity contribution is 7.90. The summed E-state index contributed by atoms with van der Waals surface area (Å²) in [5, 5.41) is 11.5. The van der Waals surface area contributed by atoms with Gasteiger partial charge in [0.25, 0.3) is 5.91 Å². The molecule has 1 amide bonds. The van der Waals surface area contributed by atoms with Crippen LogP contribution in [0, 0.1) is 11.3 Å². The number of rotatable bonds is 7. The van der Waals surface area contributed by atoms with E-state index in [2.05, 4.69) is 5.32 Å². The van der Waals surface area contributed by atoms with Crippen LogP contribution in [0.4, 0.5) is 5.69 Å². The molecule has 1 heterocycles. The highest BCUT2D eigenvalue weighted by Crippen LogP contribution is 2.21. The second-order valence-electron chi connectivity index (χ2n) is 6.58. The highest BCUT2D eigenvalue weighted by Gasteiger charge is 2.26. The minimum absolute atomic E-state index is 0.114. The second-order valence-corrected chi connectivity index (χ2v) is 8.57. The van der Waals surface area contributed by atoms with Gasteiger partial charge in [-0.25, -0.2) is 13.2 Å². The van der Waals surface area contributed by atoms with E-state index < -0.39 is 33.6 Å². The van der Waals surface area contributed by atoms with Crippen LogP contribution in [-0.2, 0) is 25.1 Å². The van der Waals surface area contributed by atoms with Gasteiger partial charge in [-0.2, -0.15) is 5.26 Å². The molecule has 0 saturated carbocycles. The molecule has 2 aromatic carbocycles. The Morgan fingerprint density at radius 3 is 2.58 bits per heavy atom. The number of nitrogens with one attached hydrogen (secondary N) is 1. The zero-order valence-corrected chi connectivity index (χ0v) is 17.3. The van der Waals surface area contributed by atoms with Gasteiger partial charge in [0, 0.05) is 11.3 Å². The first-order valence-electron chi connectivity index (χ1n) is 9.16. The Kier molecular flexibility index (Phi) is 6.52. The van der Waals surface area contributed by atoms with E-state index in [9.17, 15) is 18.0 Å². The van der Waals surface area contributed by atoms with E-state index in [0.29, 0.717) is 11.3 Å². The third-order valence-electron chi connectivity index (χ3n) is 4.29. The van der Waals surface area contributed by atoms with Crippen LogP contribution in [0.15, 0.2) is 76.2 Å². The fraction of sp³-hybridized carbons (Fsp3) is 0.136. The van der Waals surface area contributed by atoms with Crippen molar-refractivity contribution in [2.24, 2.45) is 0 Å². The van der Waals surface area contributed by atoms with E-state index in [1.807, 2.05) is 6.07 Å². The van der Waals surface area contributed by atoms with Crippen molar-refractivity contribution in [3.63, 3.8) is 0 Å². The van der Waals surface area contributed by atoms with Crippen molar-refractivity contribution in [3.05, 3.63) is 83.8 Å². The number of carbonyl (C=O) groups excluding carboxylic acids is 2. The summed E-state index contributed by atoms with van der Waals surface area (Å²) in [4.78, 5) is 24.9. The Morgan fingerprint density at radius 1 is 1.13 bits per heavy atom. The van der Waals surface area contributed by atoms with Gasteiger partial charge in [0.1, 0.15) is 0 Å². The fourth-order valence-electron chi connectivity index (χ4n) is 2.72. The molecule has 0 bridgehead atoms. The number of hydrogen-bond donors (Lipinski definition) is 1. The van der Waals surface area contributed by atoms with E-state index in [0.717, 1.165) is 0 Å². The molecule has 3 aromatic rings. The topological polar surface area (TPSA) is 126 Å². The van der Waals surface area contributed by atoms with Crippen LogP contribution in [-0.4, -0.2) is 26.4 Å². The fourth-order valence-corrected chi connectivity index (χ4v) is 4.10. The summed E-state index contributed by atoms with van der Waals surface area (Å²) in [6, 6.07) is 17.4. The lowest BCUT2D eigenvalue weighted by Crippen LogP contribution is -2.30. The van der Waals surface area contributed by atoms with Crippen molar-refractivity contribution in [2.75, 3.05) is 5.32 Å². The molecule has 0 aliphatic heterocycles. The number of amides is 1. The van der Waals surface area contributed by atoms with Gasteiger partial charge in [0.2, 0.25) is 5.76 Å². The molecule has 3 rings (SSSR count). The van der Waals surface area contributed by atoms with Crippen molar-refractivity contribution >= 4 is 27.4 Å². The van der Waals surface area contributed by atoms with Crippen LogP contribution in [0.25, 0.3) is 0 Å². The molecule has 0 radical (unpaired) electrons. The van der Waals surface area contributed by atoms with Crippen LogP contribution in [0.5, 0.6) is 0 Å². The monoisotopic (exact) mass is 438 g/mol. The predicted molar refractivity (Wildman–Crippen MR) is 111 cm³/mol. The van der Waals surface area contributed by atoms with Crippen LogP contribution in [0.2, 0.25) is 0 Å². The summed E-state index contributed by atoms with van der Waals surface area (Å²) in [5.74, 6) is -2.32. The molecule has 8 nitrogen and oxygen atoms in total. The molecule has 0 aliphatic rings. The number of anilines is 1. The second kappa shape index (κ2) is 9.28. The van der Waals surface area contributed by atoms with Crippen molar-refractivity contribution < 1.29 is 27.2 Å². The third kappa shape index (κ3) is 5.38. The lowest BCUT2D eigenvalue weighted by Gasteiger charge is -2.13. The maximum absolute atomic E-state index is 12.6. The first-order valence-corrected chi connectivity index (χ1v) is 10.8. The van der Waals surface area contributed by atoms with E-state index >= 15 is 0 Å². The number of esters is 1. The normalized spacial score (nSPS) is 11.9. The molecular formula is C22H18N2O6S. The van der Waals surface area contributed by atoms with Gasteiger partial charge in [0.15, 0.2) is 15.9 Å². The lowest BCUT2D eigenvalue weighted by molar-refractivity contribution is -0.123. The quantitative estimate of drug-likeness (QED) is 0.561. The molecule has 1 atom stereocenters. The molecule has 0 aliphatic carbocycles. The number of carbonyl (C=O) groups is 2. The maximum Gasteiger partial charge on any atom is 0.375 e. The summed E-state index contributed by atoms with van der Waals surface area (Å²) in [6.07, 6.45) is -0.00758. The molecule has 0 saturated heterocycles. The number of benzene rings is 2. The smallest absolute Gasteiger partial charge is 0.375 e. The Hall–Kier alpha value is -3.90. The zero-order chi connectivity index (χ0) is 22.4. The Labute approximate surface area is 179 Å². The molecule has 1 aromatic heterocycles. The van der Waals surface area contributed by atoms with Gasteiger partial charge in [-0.3, -0.25) is 4.79 Å². The molecule has 0 spiro atoms. The zero-order valence-electron chi connectivity index (χ0n) is 16.4. The van der Waals surface area contributed by atoms with Gasteiger partial charge in [-0.1, -0.05) is 24.3 Å². The molecule has 0 fully saturated rings. The summed E-state index contributed by atoms with van der Waals surface area (Å²) in [6.45, 7) is 1.37. The summed E-state index contributed by atoms with van der Waals surface area (Å²) in [7, 11) is -3.70. The molecular weight excluding hydrogens is 420 g/mol. The van der Waals surface area contributed by atoms with Crippen molar-refractivity contribution in [1.29, 1.82) is 5.26 Å². The minimum Gasteiger partial charge on any atom is -0.457 e. The highest BCUT2D eigenvalue weighted by atomic mass is 32.2. The average Bonchev–Trinajstić information content (AvgIpc) is 3.22. The van der Waals surface area contributed by atoms with Crippen LogP contribution < -0.4 is 5.32 Å².